The first-order valence-corrected chi connectivity index (χ1v) is 23.1. The van der Waals surface area contributed by atoms with Crippen LogP contribution in [0.25, 0.3) is 10.9 Å². The van der Waals surface area contributed by atoms with Crippen LogP contribution in [-0.2, 0) is 55.7 Å². The summed E-state index contributed by atoms with van der Waals surface area (Å²) in [5, 5.41) is 6.38. The summed E-state index contributed by atoms with van der Waals surface area (Å²) < 4.78 is 51.3. The van der Waals surface area contributed by atoms with E-state index in [0.29, 0.717) is 142 Å². The highest BCUT2D eigenvalue weighted by atomic mass is 16.6. The first kappa shape index (κ1) is 53.6. The van der Waals surface area contributed by atoms with E-state index in [1.807, 2.05) is 26.8 Å². The van der Waals surface area contributed by atoms with Gasteiger partial charge in [-0.05, 0) is 44.4 Å². The number of nitrogens with two attached hydrogens (primary N) is 1. The second kappa shape index (κ2) is 31.8. The van der Waals surface area contributed by atoms with Gasteiger partial charge in [0.2, 0.25) is 5.95 Å². The Hall–Kier alpha value is -4.02. The number of unbranched alkanes of at least 4 members (excludes halogenated alkanes) is 1. The van der Waals surface area contributed by atoms with E-state index in [2.05, 4.69) is 61.6 Å². The van der Waals surface area contributed by atoms with Gasteiger partial charge in [0.1, 0.15) is 16.8 Å². The molecule has 4 N–H and O–H groups in total. The van der Waals surface area contributed by atoms with Crippen molar-refractivity contribution < 1.29 is 47.4 Å². The van der Waals surface area contributed by atoms with Gasteiger partial charge in [-0.3, -0.25) is 14.6 Å². The normalized spacial score (nSPS) is 13.7. The number of amides is 1. The molecule has 0 bridgehead atoms. The third kappa shape index (κ3) is 23.3. The Bertz CT molecular complexity index is 1790. The number of ether oxygens (including phenoxy) is 9. The molecule has 3 heterocycles. The first-order valence-electron chi connectivity index (χ1n) is 23.1. The quantitative estimate of drug-likeness (QED) is 0.0724. The van der Waals surface area contributed by atoms with Crippen LogP contribution in [-0.4, -0.2) is 188 Å². The number of hydrogen-bond acceptors (Lipinski definition) is 17. The molecule has 0 atom stereocenters. The van der Waals surface area contributed by atoms with Gasteiger partial charge in [0.15, 0.2) is 0 Å². The Labute approximate surface area is 384 Å². The van der Waals surface area contributed by atoms with Crippen molar-refractivity contribution in [2.45, 2.75) is 59.2 Å². The number of nitrogens with zero attached hydrogens (tertiary/aromatic N) is 5. The van der Waals surface area contributed by atoms with Crippen LogP contribution < -0.4 is 21.9 Å². The number of nitrogen functional groups attached to an aromatic ring is 1. The molecular weight excluding hydrogens is 841 g/mol. The van der Waals surface area contributed by atoms with Gasteiger partial charge in [-0.25, -0.2) is 9.78 Å². The summed E-state index contributed by atoms with van der Waals surface area (Å²) in [7, 11) is 0. The fourth-order valence-corrected chi connectivity index (χ4v) is 6.59. The zero-order chi connectivity index (χ0) is 46.4. The minimum atomic E-state index is -0.517. The van der Waals surface area contributed by atoms with Crippen molar-refractivity contribution in [3.63, 3.8) is 0 Å². The highest BCUT2D eigenvalue weighted by Crippen LogP contribution is 2.18. The molecule has 19 nitrogen and oxygen atoms in total. The van der Waals surface area contributed by atoms with Crippen LogP contribution in [0.2, 0.25) is 0 Å². The van der Waals surface area contributed by atoms with Crippen LogP contribution in [0.3, 0.4) is 0 Å². The summed E-state index contributed by atoms with van der Waals surface area (Å²) in [6, 6.07) is 10.3. The number of piperazine rings is 1. The van der Waals surface area contributed by atoms with Crippen molar-refractivity contribution in [3.8, 4) is 0 Å². The molecule has 0 radical (unpaired) electrons. The predicted molar refractivity (Wildman–Crippen MR) is 250 cm³/mol. The molecular formula is C46H76N8O11. The van der Waals surface area contributed by atoms with Gasteiger partial charge >= 0.3 is 6.09 Å². The number of benzene rings is 1. The van der Waals surface area contributed by atoms with E-state index < -0.39 is 11.7 Å². The number of carbonyl (C=O) groups excluding carboxylic acids is 1. The lowest BCUT2D eigenvalue weighted by atomic mass is 10.1. The van der Waals surface area contributed by atoms with Crippen molar-refractivity contribution >= 4 is 28.8 Å². The molecule has 366 valence electrons. The van der Waals surface area contributed by atoms with Gasteiger partial charge in [-0.1, -0.05) is 37.6 Å². The van der Waals surface area contributed by atoms with Crippen LogP contribution in [0.4, 0.5) is 16.6 Å². The number of carbonyl (C=O) groups is 1. The fraction of sp³-hybridized carbons (Fsp3) is 0.696. The molecule has 0 spiro atoms. The monoisotopic (exact) mass is 917 g/mol. The van der Waals surface area contributed by atoms with Gasteiger partial charge in [0, 0.05) is 58.6 Å². The minimum Gasteiger partial charge on any atom is -0.444 e. The van der Waals surface area contributed by atoms with Crippen molar-refractivity contribution in [2.24, 2.45) is 0 Å². The predicted octanol–water partition coefficient (Wildman–Crippen LogP) is 3.41. The fourth-order valence-electron chi connectivity index (χ4n) is 6.59. The van der Waals surface area contributed by atoms with Crippen LogP contribution in [0.5, 0.6) is 0 Å². The van der Waals surface area contributed by atoms with Crippen LogP contribution in [0.1, 0.15) is 51.7 Å². The summed E-state index contributed by atoms with van der Waals surface area (Å²) in [5.74, 6) is 0.647. The highest BCUT2D eigenvalue weighted by molar-refractivity contribution is 5.89. The number of pyridine rings is 1. The van der Waals surface area contributed by atoms with E-state index in [4.69, 9.17) is 48.4 Å². The molecule has 19 heteroatoms. The maximum atomic E-state index is 13.5. The number of fused-ring (bicyclic) bond motifs is 1. The van der Waals surface area contributed by atoms with Crippen LogP contribution in [0.15, 0.2) is 41.3 Å². The third-order valence-electron chi connectivity index (χ3n) is 9.98. The molecule has 4 rings (SSSR count). The van der Waals surface area contributed by atoms with E-state index in [1.165, 1.54) is 5.56 Å². The van der Waals surface area contributed by atoms with E-state index in [0.717, 1.165) is 57.7 Å². The number of anilines is 2. The summed E-state index contributed by atoms with van der Waals surface area (Å²) in [6.07, 6.45) is 3.32. The van der Waals surface area contributed by atoms with E-state index in [-0.39, 0.29) is 11.5 Å². The Morgan fingerprint density at radius 1 is 0.646 bits per heavy atom. The molecule has 0 unspecified atom stereocenters. The van der Waals surface area contributed by atoms with Crippen molar-refractivity contribution in [1.29, 1.82) is 0 Å². The van der Waals surface area contributed by atoms with E-state index in [1.54, 1.807) is 10.8 Å². The number of aromatic nitrogens is 3. The maximum absolute atomic E-state index is 13.5. The van der Waals surface area contributed by atoms with Gasteiger partial charge < -0.3 is 63.6 Å². The molecule has 1 aromatic carbocycles. The molecule has 1 amide bonds. The number of hydrogen-bond donors (Lipinski definition) is 3. The molecule has 1 aliphatic rings. The lowest BCUT2D eigenvalue weighted by molar-refractivity contribution is -0.0236. The largest absolute Gasteiger partial charge is 0.444 e. The standard InChI is InChI=1S/C46H76N8O11/c1-5-6-12-48-42-41-40(50-44(47)51-42)11-14-54(43(41)55)37-39-9-7-38(8-10-39)36-53-17-15-52(16-18-53)19-21-58-23-25-60-27-29-62-31-33-64-35-34-63-32-30-61-28-26-59-24-22-57-20-13-49-45(56)65-46(2,3)4/h7-11,14H,5-6,12-13,15-37H2,1-4H3,(H,49,56)(H3,47,48,50,51). The molecule has 0 aliphatic carbocycles. The lowest BCUT2D eigenvalue weighted by Crippen LogP contribution is -2.46. The third-order valence-corrected chi connectivity index (χ3v) is 9.98. The van der Waals surface area contributed by atoms with Crippen molar-refractivity contribution in [3.05, 3.63) is 58.0 Å². The van der Waals surface area contributed by atoms with E-state index in [9.17, 15) is 9.59 Å². The smallest absolute Gasteiger partial charge is 0.407 e. The molecule has 3 aromatic rings. The molecule has 65 heavy (non-hydrogen) atoms. The highest BCUT2D eigenvalue weighted by Gasteiger charge is 2.18. The summed E-state index contributed by atoms with van der Waals surface area (Å²) in [6.45, 7) is 22.9. The Balaban J connectivity index is 0.886. The molecule has 0 saturated carbocycles. The van der Waals surface area contributed by atoms with Gasteiger partial charge in [-0.15, -0.1) is 0 Å². The van der Waals surface area contributed by atoms with Crippen molar-refractivity contribution in [1.82, 2.24) is 29.7 Å². The summed E-state index contributed by atoms with van der Waals surface area (Å²) >= 11 is 0. The lowest BCUT2D eigenvalue weighted by Gasteiger charge is -2.34. The van der Waals surface area contributed by atoms with Crippen LogP contribution >= 0.6 is 0 Å². The van der Waals surface area contributed by atoms with Gasteiger partial charge in [0.05, 0.1) is 118 Å². The molecule has 1 fully saturated rings. The maximum Gasteiger partial charge on any atom is 0.407 e. The summed E-state index contributed by atoms with van der Waals surface area (Å²) in [5.41, 5.74) is 8.12. The SMILES string of the molecule is CCCCNc1nc(N)nc2ccn(Cc3ccc(CN4CCN(CCOCCOCCOCCOCCOCCOCCOCCOCCNC(=O)OC(C)(C)C)CC4)cc3)c(=O)c12. The molecule has 1 aliphatic heterocycles. The zero-order valence-corrected chi connectivity index (χ0v) is 39.4. The minimum absolute atomic E-state index is 0.134. The number of rotatable bonds is 35. The zero-order valence-electron chi connectivity index (χ0n) is 39.4. The molecule has 1 saturated heterocycles. The van der Waals surface area contributed by atoms with Gasteiger partial charge in [0.25, 0.3) is 5.56 Å². The van der Waals surface area contributed by atoms with E-state index >= 15 is 0 Å². The average Bonchev–Trinajstić information content (AvgIpc) is 3.27. The second-order valence-electron chi connectivity index (χ2n) is 16.5. The molecule has 2 aromatic heterocycles. The summed E-state index contributed by atoms with van der Waals surface area (Å²) in [4.78, 5) is 38.6. The Morgan fingerprint density at radius 2 is 1.12 bits per heavy atom. The first-order chi connectivity index (χ1) is 31.6. The van der Waals surface area contributed by atoms with Crippen molar-refractivity contribution in [2.75, 3.05) is 163 Å². The Morgan fingerprint density at radius 3 is 1.63 bits per heavy atom. The number of nitrogens with one attached hydrogen (secondary N) is 2. The Kier molecular flexibility index (Phi) is 26.2. The topological polar surface area (TPSA) is 204 Å². The van der Waals surface area contributed by atoms with Gasteiger partial charge in [-0.2, -0.15) is 4.98 Å². The second-order valence-corrected chi connectivity index (χ2v) is 16.5. The van der Waals surface area contributed by atoms with Crippen LogP contribution in [0, 0.1) is 0 Å². The average molecular weight is 917 g/mol. The number of alkyl carbamates (subject to hydrolysis) is 1.